The van der Waals surface area contributed by atoms with Crippen LogP contribution in [0, 0.1) is 5.92 Å². The van der Waals surface area contributed by atoms with Crippen LogP contribution in [-0.4, -0.2) is 17.5 Å². The van der Waals surface area contributed by atoms with E-state index in [4.69, 9.17) is 4.74 Å². The molecule has 0 bridgehead atoms. The van der Waals surface area contributed by atoms with E-state index in [0.29, 0.717) is 6.61 Å². The summed E-state index contributed by atoms with van der Waals surface area (Å²) in [4.78, 5) is 17.7. The maximum atomic E-state index is 12.1. The minimum absolute atomic E-state index is 0.103. The topological polar surface area (TPSA) is 51.2 Å². The van der Waals surface area contributed by atoms with Gasteiger partial charge >= 0.3 is 0 Å². The predicted octanol–water partition coefficient (Wildman–Crippen LogP) is 2.51. The van der Waals surface area contributed by atoms with E-state index in [-0.39, 0.29) is 11.8 Å². The van der Waals surface area contributed by atoms with Gasteiger partial charge in [-0.2, -0.15) is 0 Å². The number of allylic oxidation sites excluding steroid dienone is 2. The summed E-state index contributed by atoms with van der Waals surface area (Å²) in [5, 5.41) is 3.67. The summed E-state index contributed by atoms with van der Waals surface area (Å²) < 4.78 is 5.38. The maximum Gasteiger partial charge on any atom is 0.229 e. The monoisotopic (exact) mass is 264 g/mol. The average molecular weight is 264 g/mol. The number of thiazole rings is 1. The van der Waals surface area contributed by atoms with Crippen molar-refractivity contribution in [2.75, 3.05) is 11.9 Å². The van der Waals surface area contributed by atoms with Crippen LogP contribution in [0.5, 0.6) is 0 Å². The Morgan fingerprint density at radius 1 is 1.50 bits per heavy atom. The Balaban J connectivity index is 1.66. The summed E-state index contributed by atoms with van der Waals surface area (Å²) in [6.07, 6.45) is 7.88. The molecule has 1 unspecified atom stereocenters. The highest BCUT2D eigenvalue weighted by Gasteiger charge is 2.21. The molecule has 1 aromatic heterocycles. The van der Waals surface area contributed by atoms with E-state index in [9.17, 15) is 4.79 Å². The molecule has 1 N–H and O–H groups in total. The highest BCUT2D eigenvalue weighted by molar-refractivity contribution is 7.15. The highest BCUT2D eigenvalue weighted by Crippen LogP contribution is 2.28. The number of hydrogen-bond donors (Lipinski definition) is 1. The first-order valence-corrected chi connectivity index (χ1v) is 7.17. The normalized spacial score (nSPS) is 22.6. The zero-order valence-corrected chi connectivity index (χ0v) is 11.0. The number of hydrogen-bond acceptors (Lipinski definition) is 4. The van der Waals surface area contributed by atoms with Gasteiger partial charge in [0, 0.05) is 12.3 Å². The lowest BCUT2D eigenvalue weighted by Gasteiger charge is -2.15. The number of fused-ring (bicyclic) bond motifs is 1. The summed E-state index contributed by atoms with van der Waals surface area (Å²) in [6.45, 7) is 1.37. The van der Waals surface area contributed by atoms with E-state index < -0.39 is 0 Å². The number of ether oxygens (including phenoxy) is 1. The minimum Gasteiger partial charge on any atom is -0.375 e. The molecule has 1 aromatic rings. The van der Waals surface area contributed by atoms with Gasteiger partial charge in [0.2, 0.25) is 5.91 Å². The second-order valence-electron chi connectivity index (χ2n) is 4.66. The van der Waals surface area contributed by atoms with Crippen LogP contribution in [0.2, 0.25) is 0 Å². The van der Waals surface area contributed by atoms with Gasteiger partial charge in [0.15, 0.2) is 5.13 Å². The fourth-order valence-electron chi connectivity index (χ4n) is 2.32. The van der Waals surface area contributed by atoms with E-state index in [1.54, 1.807) is 11.3 Å². The molecule has 4 nitrogen and oxygen atoms in total. The third kappa shape index (κ3) is 2.47. The number of nitrogens with one attached hydrogen (secondary N) is 1. The summed E-state index contributed by atoms with van der Waals surface area (Å²) in [5.74, 6) is 0.207. The first kappa shape index (κ1) is 11.9. The molecule has 1 atom stereocenters. The van der Waals surface area contributed by atoms with Crippen LogP contribution >= 0.6 is 11.3 Å². The Hall–Kier alpha value is -1.20. The molecule has 3 rings (SSSR count). The summed E-state index contributed by atoms with van der Waals surface area (Å²) >= 11 is 1.54. The Bertz CT molecular complexity index is 458. The molecule has 1 amide bonds. The third-order valence-corrected chi connectivity index (χ3v) is 4.35. The molecular weight excluding hydrogens is 248 g/mol. The number of anilines is 1. The van der Waals surface area contributed by atoms with Crippen molar-refractivity contribution in [1.82, 2.24) is 4.98 Å². The molecule has 0 aromatic carbocycles. The van der Waals surface area contributed by atoms with Gasteiger partial charge in [-0.15, -0.1) is 0 Å². The van der Waals surface area contributed by atoms with E-state index in [1.165, 1.54) is 0 Å². The van der Waals surface area contributed by atoms with Crippen molar-refractivity contribution in [1.29, 1.82) is 0 Å². The van der Waals surface area contributed by atoms with E-state index >= 15 is 0 Å². The second kappa shape index (κ2) is 5.20. The zero-order chi connectivity index (χ0) is 12.4. The summed E-state index contributed by atoms with van der Waals surface area (Å²) in [6, 6.07) is 0. The van der Waals surface area contributed by atoms with Crippen molar-refractivity contribution in [2.24, 2.45) is 5.92 Å². The number of carbonyl (C=O) groups excluding carboxylic acids is 1. The van der Waals surface area contributed by atoms with Crippen molar-refractivity contribution in [2.45, 2.75) is 32.3 Å². The van der Waals surface area contributed by atoms with Gasteiger partial charge in [0.25, 0.3) is 0 Å². The molecule has 2 aliphatic rings. The molecule has 1 aliphatic carbocycles. The second-order valence-corrected chi connectivity index (χ2v) is 5.75. The lowest BCUT2D eigenvalue weighted by molar-refractivity contribution is -0.120. The number of nitrogens with zero attached hydrogens (tertiary/aromatic N) is 1. The van der Waals surface area contributed by atoms with Gasteiger partial charge in [0.05, 0.1) is 23.8 Å². The fourth-order valence-corrected chi connectivity index (χ4v) is 3.27. The van der Waals surface area contributed by atoms with Gasteiger partial charge in [0.1, 0.15) is 0 Å². The molecule has 0 saturated heterocycles. The Labute approximate surface area is 110 Å². The highest BCUT2D eigenvalue weighted by atomic mass is 32.1. The molecule has 1 aliphatic heterocycles. The lowest BCUT2D eigenvalue weighted by Crippen LogP contribution is -2.23. The van der Waals surface area contributed by atoms with Gasteiger partial charge < -0.3 is 10.1 Å². The lowest BCUT2D eigenvalue weighted by atomic mass is 9.94. The van der Waals surface area contributed by atoms with Crippen molar-refractivity contribution in [3.63, 3.8) is 0 Å². The SMILES string of the molecule is O=C(Nc1nc2c(s1)COCC2)C1CC=CCC1. The van der Waals surface area contributed by atoms with Crippen molar-refractivity contribution < 1.29 is 9.53 Å². The van der Waals surface area contributed by atoms with Crippen molar-refractivity contribution >= 4 is 22.4 Å². The van der Waals surface area contributed by atoms with E-state index in [0.717, 1.165) is 48.0 Å². The molecule has 0 saturated carbocycles. The molecule has 18 heavy (non-hydrogen) atoms. The Morgan fingerprint density at radius 2 is 2.44 bits per heavy atom. The van der Waals surface area contributed by atoms with E-state index in [1.807, 2.05) is 0 Å². The van der Waals surface area contributed by atoms with Crippen LogP contribution in [0.15, 0.2) is 12.2 Å². The average Bonchev–Trinajstić information content (AvgIpc) is 2.82. The quantitative estimate of drug-likeness (QED) is 0.835. The predicted molar refractivity (Wildman–Crippen MR) is 70.6 cm³/mol. The fraction of sp³-hybridized carbons (Fsp3) is 0.538. The number of rotatable bonds is 2. The smallest absolute Gasteiger partial charge is 0.229 e. The molecule has 0 radical (unpaired) electrons. The van der Waals surface area contributed by atoms with Gasteiger partial charge in [-0.3, -0.25) is 4.79 Å². The Kier molecular flexibility index (Phi) is 3.43. The maximum absolute atomic E-state index is 12.1. The van der Waals surface area contributed by atoms with Crippen LogP contribution in [0.4, 0.5) is 5.13 Å². The van der Waals surface area contributed by atoms with Crippen LogP contribution < -0.4 is 5.32 Å². The Morgan fingerprint density at radius 3 is 3.22 bits per heavy atom. The van der Waals surface area contributed by atoms with Crippen LogP contribution in [0.3, 0.4) is 0 Å². The van der Waals surface area contributed by atoms with Crippen molar-refractivity contribution in [3.05, 3.63) is 22.7 Å². The largest absolute Gasteiger partial charge is 0.375 e. The summed E-state index contributed by atoms with van der Waals surface area (Å²) in [5.41, 5.74) is 1.09. The van der Waals surface area contributed by atoms with Crippen LogP contribution in [0.1, 0.15) is 29.8 Å². The van der Waals surface area contributed by atoms with Crippen LogP contribution in [-0.2, 0) is 22.6 Å². The van der Waals surface area contributed by atoms with Gasteiger partial charge in [-0.1, -0.05) is 23.5 Å². The molecule has 0 fully saturated rings. The molecular formula is C13H16N2O2S. The molecule has 0 spiro atoms. The van der Waals surface area contributed by atoms with Crippen LogP contribution in [0.25, 0.3) is 0 Å². The summed E-state index contributed by atoms with van der Waals surface area (Å²) in [7, 11) is 0. The third-order valence-electron chi connectivity index (χ3n) is 3.36. The van der Waals surface area contributed by atoms with Crippen molar-refractivity contribution in [3.8, 4) is 0 Å². The number of amides is 1. The van der Waals surface area contributed by atoms with Gasteiger partial charge in [-0.05, 0) is 19.3 Å². The molecule has 2 heterocycles. The van der Waals surface area contributed by atoms with E-state index in [2.05, 4.69) is 22.5 Å². The standard InChI is InChI=1S/C13H16N2O2S/c16-12(9-4-2-1-3-5-9)15-13-14-10-6-7-17-8-11(10)18-13/h1-2,9H,3-8H2,(H,14,15,16). The van der Waals surface area contributed by atoms with Gasteiger partial charge in [-0.25, -0.2) is 4.98 Å². The minimum atomic E-state index is 0.103. The first-order chi connectivity index (χ1) is 8.83. The first-order valence-electron chi connectivity index (χ1n) is 6.35. The number of aromatic nitrogens is 1. The number of carbonyl (C=O) groups is 1. The molecule has 5 heteroatoms. The molecule has 96 valence electrons. The zero-order valence-electron chi connectivity index (χ0n) is 10.1.